The van der Waals surface area contributed by atoms with Crippen molar-refractivity contribution in [2.24, 2.45) is 5.92 Å². The molecule has 1 N–H and O–H groups in total. The number of benzene rings is 1. The van der Waals surface area contributed by atoms with Crippen molar-refractivity contribution in [2.45, 2.75) is 33.6 Å². The van der Waals surface area contributed by atoms with Gasteiger partial charge in [-0.25, -0.2) is 0 Å². The van der Waals surface area contributed by atoms with E-state index in [4.69, 9.17) is 11.6 Å². The Kier molecular flexibility index (Phi) is 5.23. The number of halogens is 1. The molecule has 3 rings (SSSR count). The van der Waals surface area contributed by atoms with E-state index in [-0.39, 0.29) is 5.91 Å². The van der Waals surface area contributed by atoms with Gasteiger partial charge in [-0.1, -0.05) is 24.6 Å². The second-order valence-electron chi connectivity index (χ2n) is 6.84. The van der Waals surface area contributed by atoms with Gasteiger partial charge in [0.15, 0.2) is 11.5 Å². The maximum atomic E-state index is 12.5. The van der Waals surface area contributed by atoms with Gasteiger partial charge in [-0.15, -0.1) is 10.2 Å². The van der Waals surface area contributed by atoms with Gasteiger partial charge in [0, 0.05) is 13.1 Å². The fourth-order valence-electron chi connectivity index (χ4n) is 3.09. The first-order chi connectivity index (χ1) is 11.9. The van der Waals surface area contributed by atoms with Crippen molar-refractivity contribution in [3.05, 3.63) is 46.1 Å². The van der Waals surface area contributed by atoms with E-state index in [1.165, 1.54) is 0 Å². The van der Waals surface area contributed by atoms with Crippen molar-refractivity contribution in [2.75, 3.05) is 18.4 Å². The van der Waals surface area contributed by atoms with Crippen LogP contribution in [-0.2, 0) is 0 Å². The quantitative estimate of drug-likeness (QED) is 0.885. The normalized spacial score (nSPS) is 15.3. The van der Waals surface area contributed by atoms with Crippen LogP contribution in [-0.4, -0.2) is 34.1 Å². The lowest BCUT2D eigenvalue weighted by Crippen LogP contribution is -2.38. The summed E-state index contributed by atoms with van der Waals surface area (Å²) in [6, 6.07) is 7.44. The molecule has 25 heavy (non-hydrogen) atoms. The molecule has 0 radical (unpaired) electrons. The van der Waals surface area contributed by atoms with E-state index in [2.05, 4.69) is 28.5 Å². The summed E-state index contributed by atoms with van der Waals surface area (Å²) in [6.07, 6.45) is 2.09. The first-order valence-electron chi connectivity index (χ1n) is 8.61. The Morgan fingerprint density at radius 3 is 2.52 bits per heavy atom. The van der Waals surface area contributed by atoms with Gasteiger partial charge in [0.05, 0.1) is 10.7 Å². The summed E-state index contributed by atoms with van der Waals surface area (Å²) in [5.41, 5.74) is 3.34. The van der Waals surface area contributed by atoms with E-state index in [0.717, 1.165) is 42.7 Å². The van der Waals surface area contributed by atoms with Crippen molar-refractivity contribution >= 4 is 29.0 Å². The Labute approximate surface area is 153 Å². The molecule has 0 unspecified atom stereocenters. The van der Waals surface area contributed by atoms with Crippen LogP contribution >= 0.6 is 11.6 Å². The molecule has 2 heterocycles. The molecule has 0 spiro atoms. The Balaban J connectivity index is 1.71. The number of carbonyl (C=O) groups is 1. The Morgan fingerprint density at radius 2 is 1.92 bits per heavy atom. The predicted molar refractivity (Wildman–Crippen MR) is 101 cm³/mol. The van der Waals surface area contributed by atoms with E-state index < -0.39 is 0 Å². The fourth-order valence-corrected chi connectivity index (χ4v) is 3.46. The highest BCUT2D eigenvalue weighted by Crippen LogP contribution is 2.29. The van der Waals surface area contributed by atoms with Crippen LogP contribution in [0.25, 0.3) is 0 Å². The number of amides is 1. The van der Waals surface area contributed by atoms with Gasteiger partial charge >= 0.3 is 0 Å². The zero-order valence-corrected chi connectivity index (χ0v) is 15.6. The summed E-state index contributed by atoms with van der Waals surface area (Å²) in [4.78, 5) is 14.4. The summed E-state index contributed by atoms with van der Waals surface area (Å²) in [5.74, 6) is 1.21. The number of piperidine rings is 1. The van der Waals surface area contributed by atoms with E-state index >= 15 is 0 Å². The average Bonchev–Trinajstić information content (AvgIpc) is 2.59. The zero-order valence-electron chi connectivity index (χ0n) is 14.8. The highest BCUT2D eigenvalue weighted by Gasteiger charge is 2.22. The van der Waals surface area contributed by atoms with Crippen molar-refractivity contribution < 1.29 is 4.79 Å². The number of carbonyl (C=O) groups excluding carboxylic acids is 1. The van der Waals surface area contributed by atoms with Crippen LogP contribution in [0.5, 0.6) is 0 Å². The number of nitrogens with zero attached hydrogens (tertiary/aromatic N) is 3. The van der Waals surface area contributed by atoms with Crippen molar-refractivity contribution in [1.82, 2.24) is 15.1 Å². The second kappa shape index (κ2) is 7.40. The van der Waals surface area contributed by atoms with Crippen LogP contribution in [0.3, 0.4) is 0 Å². The molecule has 1 fully saturated rings. The molecule has 0 atom stereocenters. The maximum Gasteiger partial charge on any atom is 0.274 e. The smallest absolute Gasteiger partial charge is 0.274 e. The molecule has 1 saturated heterocycles. The Morgan fingerprint density at radius 1 is 1.20 bits per heavy atom. The van der Waals surface area contributed by atoms with Crippen LogP contribution in [0.2, 0.25) is 5.02 Å². The first-order valence-corrected chi connectivity index (χ1v) is 8.98. The summed E-state index contributed by atoms with van der Waals surface area (Å²) >= 11 is 6.31. The van der Waals surface area contributed by atoms with Gasteiger partial charge in [0.1, 0.15) is 0 Å². The Bertz CT molecular complexity index is 744. The van der Waals surface area contributed by atoms with Crippen LogP contribution in [0.1, 0.15) is 41.4 Å². The molecule has 1 aliphatic rings. The van der Waals surface area contributed by atoms with Gasteiger partial charge < -0.3 is 10.2 Å². The number of hydrogen-bond donors (Lipinski definition) is 1. The third kappa shape index (κ3) is 4.10. The molecule has 6 heteroatoms. The number of aryl methyl sites for hydroxylation is 2. The third-order valence-corrected chi connectivity index (χ3v) is 4.94. The number of rotatable bonds is 3. The number of anilines is 2. The topological polar surface area (TPSA) is 58.1 Å². The highest BCUT2D eigenvalue weighted by molar-refractivity contribution is 6.33. The minimum absolute atomic E-state index is 0.0458. The monoisotopic (exact) mass is 358 g/mol. The number of hydrogen-bond acceptors (Lipinski definition) is 4. The van der Waals surface area contributed by atoms with E-state index in [9.17, 15) is 4.79 Å². The molecule has 5 nitrogen and oxygen atoms in total. The van der Waals surface area contributed by atoms with Gasteiger partial charge in [0.2, 0.25) is 0 Å². The van der Waals surface area contributed by atoms with E-state index in [1.54, 1.807) is 12.1 Å². The van der Waals surface area contributed by atoms with Gasteiger partial charge in [-0.05, 0) is 61.9 Å². The van der Waals surface area contributed by atoms with Gasteiger partial charge in [0.25, 0.3) is 5.91 Å². The predicted octanol–water partition coefficient (Wildman–Crippen LogP) is 4.36. The largest absolute Gasteiger partial charge is 0.337 e. The number of likely N-dealkylation sites (tertiary alicyclic amines) is 1. The fraction of sp³-hybridized carbons (Fsp3) is 0.421. The average molecular weight is 359 g/mol. The lowest BCUT2D eigenvalue weighted by atomic mass is 9.99. The van der Waals surface area contributed by atoms with Crippen LogP contribution in [0.15, 0.2) is 24.3 Å². The lowest BCUT2D eigenvalue weighted by Gasteiger charge is -2.29. The van der Waals surface area contributed by atoms with Crippen LogP contribution in [0, 0.1) is 19.8 Å². The summed E-state index contributed by atoms with van der Waals surface area (Å²) in [5, 5.41) is 12.1. The molecule has 0 saturated carbocycles. The molecule has 1 aliphatic heterocycles. The molecule has 1 amide bonds. The van der Waals surface area contributed by atoms with Crippen LogP contribution in [0.4, 0.5) is 11.5 Å². The first kappa shape index (κ1) is 17.7. The van der Waals surface area contributed by atoms with E-state index in [1.807, 2.05) is 24.8 Å². The molecular formula is C19H23ClN4O. The summed E-state index contributed by atoms with van der Waals surface area (Å²) in [7, 11) is 0. The van der Waals surface area contributed by atoms with Gasteiger partial charge in [-0.2, -0.15) is 0 Å². The number of nitrogens with one attached hydrogen (secondary N) is 1. The lowest BCUT2D eigenvalue weighted by molar-refractivity contribution is 0.0690. The second-order valence-corrected chi connectivity index (χ2v) is 7.25. The van der Waals surface area contributed by atoms with E-state index in [0.29, 0.717) is 22.5 Å². The standard InChI is InChI=1S/C19H23ClN4O/c1-12-6-8-24(9-7-12)19(25)16-4-5-17(23-22-16)21-18-14(3)10-13(2)11-15(18)20/h4-5,10-12H,6-9H2,1-3H3,(H,21,23). The minimum Gasteiger partial charge on any atom is -0.337 e. The van der Waals surface area contributed by atoms with Crippen molar-refractivity contribution in [1.29, 1.82) is 0 Å². The highest BCUT2D eigenvalue weighted by atomic mass is 35.5. The van der Waals surface area contributed by atoms with Crippen molar-refractivity contribution in [3.63, 3.8) is 0 Å². The molecule has 1 aromatic heterocycles. The summed E-state index contributed by atoms with van der Waals surface area (Å²) < 4.78 is 0. The zero-order chi connectivity index (χ0) is 18.0. The molecule has 2 aromatic rings. The molecule has 0 bridgehead atoms. The molecular weight excluding hydrogens is 336 g/mol. The third-order valence-electron chi connectivity index (χ3n) is 4.64. The van der Waals surface area contributed by atoms with Crippen LogP contribution < -0.4 is 5.32 Å². The molecule has 0 aliphatic carbocycles. The maximum absolute atomic E-state index is 12.5. The summed E-state index contributed by atoms with van der Waals surface area (Å²) in [6.45, 7) is 7.80. The molecule has 132 valence electrons. The van der Waals surface area contributed by atoms with Crippen molar-refractivity contribution in [3.8, 4) is 0 Å². The number of aromatic nitrogens is 2. The van der Waals surface area contributed by atoms with Gasteiger partial charge in [-0.3, -0.25) is 4.79 Å². The minimum atomic E-state index is -0.0458. The molecule has 1 aromatic carbocycles. The Hall–Kier alpha value is -2.14. The SMILES string of the molecule is Cc1cc(C)c(Nc2ccc(C(=O)N3CCC(C)CC3)nn2)c(Cl)c1.